The number of carbonyl (C=O) groups is 1. The molecule has 3 nitrogen and oxygen atoms in total. The summed E-state index contributed by atoms with van der Waals surface area (Å²) in [5.41, 5.74) is 0. The highest BCUT2D eigenvalue weighted by Crippen LogP contribution is 2.02. The average Bonchev–Trinajstić information content (AvgIpc) is 1.88. The van der Waals surface area contributed by atoms with E-state index in [0.29, 0.717) is 4.99 Å². The molecule has 1 N–H and O–H groups in total. The first-order valence-corrected chi connectivity index (χ1v) is 3.07. The molecule has 1 aliphatic heterocycles. The zero-order valence-electron chi connectivity index (χ0n) is 5.00. The highest BCUT2D eigenvalue weighted by atomic mass is 32.1. The molecule has 50 valence electrons. The lowest BCUT2D eigenvalue weighted by molar-refractivity contribution is -0.120. The number of thiocarbonyl (C=S) groups is 1. The van der Waals surface area contributed by atoms with Crippen LogP contribution in [0.15, 0.2) is 12.2 Å². The van der Waals surface area contributed by atoms with Crippen LogP contribution in [-0.4, -0.2) is 10.9 Å². The van der Waals surface area contributed by atoms with Crippen LogP contribution in [0.1, 0.15) is 0 Å². The quantitative estimate of drug-likeness (QED) is 0.502. The standard InChI is InChI=1S/C6H4N2OS/c7-3-4-1-2-5(10)8-6(4)9/h1-2,4H,(H,8,9,10). The first-order valence-electron chi connectivity index (χ1n) is 2.66. The highest BCUT2D eigenvalue weighted by Gasteiger charge is 2.18. The lowest BCUT2D eigenvalue weighted by Gasteiger charge is -2.09. The molecule has 0 aliphatic carbocycles. The van der Waals surface area contributed by atoms with Crippen molar-refractivity contribution in [1.82, 2.24) is 5.32 Å². The van der Waals surface area contributed by atoms with Gasteiger partial charge in [-0.25, -0.2) is 0 Å². The predicted octanol–water partition coefficient (Wildman–Crippen LogP) is 0.140. The molecular weight excluding hydrogens is 148 g/mol. The van der Waals surface area contributed by atoms with Crippen LogP contribution in [-0.2, 0) is 4.79 Å². The van der Waals surface area contributed by atoms with E-state index in [1.54, 1.807) is 6.08 Å². The highest BCUT2D eigenvalue weighted by molar-refractivity contribution is 7.80. The van der Waals surface area contributed by atoms with Crippen molar-refractivity contribution in [2.24, 2.45) is 5.92 Å². The summed E-state index contributed by atoms with van der Waals surface area (Å²) in [6, 6.07) is 1.82. The van der Waals surface area contributed by atoms with Gasteiger partial charge in [0.1, 0.15) is 10.9 Å². The van der Waals surface area contributed by atoms with Gasteiger partial charge in [0, 0.05) is 0 Å². The SMILES string of the molecule is N#CC1C=CC(=S)NC1=O. The fourth-order valence-electron chi connectivity index (χ4n) is 0.614. The van der Waals surface area contributed by atoms with Crippen LogP contribution in [0.2, 0.25) is 0 Å². The van der Waals surface area contributed by atoms with E-state index in [4.69, 9.17) is 5.26 Å². The van der Waals surface area contributed by atoms with Gasteiger partial charge in [0.2, 0.25) is 5.91 Å². The number of nitrogens with zero attached hydrogens (tertiary/aromatic N) is 1. The Morgan fingerprint density at radius 3 is 3.00 bits per heavy atom. The van der Waals surface area contributed by atoms with Crippen LogP contribution in [0.25, 0.3) is 0 Å². The summed E-state index contributed by atoms with van der Waals surface area (Å²) < 4.78 is 0. The minimum absolute atomic E-state index is 0.338. The van der Waals surface area contributed by atoms with Gasteiger partial charge >= 0.3 is 0 Å². The fourth-order valence-corrected chi connectivity index (χ4v) is 0.793. The van der Waals surface area contributed by atoms with Crippen LogP contribution in [0.3, 0.4) is 0 Å². The molecule has 1 rings (SSSR count). The van der Waals surface area contributed by atoms with Crippen molar-refractivity contribution in [3.05, 3.63) is 12.2 Å². The molecule has 1 atom stereocenters. The molecule has 0 aromatic carbocycles. The van der Waals surface area contributed by atoms with E-state index in [-0.39, 0.29) is 5.91 Å². The predicted molar refractivity (Wildman–Crippen MR) is 39.0 cm³/mol. The Morgan fingerprint density at radius 1 is 1.80 bits per heavy atom. The van der Waals surface area contributed by atoms with Crippen molar-refractivity contribution >= 4 is 23.1 Å². The third kappa shape index (κ3) is 1.20. The second-order valence-corrected chi connectivity index (χ2v) is 2.26. The lowest BCUT2D eigenvalue weighted by atomic mass is 10.1. The number of hydrogen-bond donors (Lipinski definition) is 1. The largest absolute Gasteiger partial charge is 0.316 e. The van der Waals surface area contributed by atoms with E-state index >= 15 is 0 Å². The smallest absolute Gasteiger partial charge is 0.246 e. The maximum atomic E-state index is 10.8. The number of carbonyl (C=O) groups excluding carboxylic acids is 1. The Kier molecular flexibility index (Phi) is 1.78. The topological polar surface area (TPSA) is 52.9 Å². The van der Waals surface area contributed by atoms with Crippen LogP contribution < -0.4 is 5.32 Å². The van der Waals surface area contributed by atoms with Gasteiger partial charge in [-0.2, -0.15) is 5.26 Å². The number of rotatable bonds is 0. The molecule has 0 bridgehead atoms. The first kappa shape index (κ1) is 6.90. The van der Waals surface area contributed by atoms with Crippen molar-refractivity contribution in [3.8, 4) is 6.07 Å². The van der Waals surface area contributed by atoms with Crippen LogP contribution >= 0.6 is 12.2 Å². The van der Waals surface area contributed by atoms with Crippen molar-refractivity contribution in [2.45, 2.75) is 0 Å². The molecule has 1 amide bonds. The molecule has 0 radical (unpaired) electrons. The summed E-state index contributed by atoms with van der Waals surface area (Å²) in [4.78, 5) is 11.1. The third-order valence-electron chi connectivity index (χ3n) is 1.11. The summed E-state index contributed by atoms with van der Waals surface area (Å²) in [7, 11) is 0. The molecule has 0 spiro atoms. The molecule has 1 heterocycles. The number of nitriles is 1. The normalized spacial score (nSPS) is 23.7. The van der Waals surface area contributed by atoms with Crippen molar-refractivity contribution < 1.29 is 4.79 Å². The molecule has 1 aliphatic rings. The second kappa shape index (κ2) is 2.58. The lowest BCUT2D eigenvalue weighted by Crippen LogP contribution is -2.35. The van der Waals surface area contributed by atoms with Gasteiger partial charge < -0.3 is 5.32 Å². The van der Waals surface area contributed by atoms with E-state index in [1.807, 2.05) is 6.07 Å². The fraction of sp³-hybridized carbons (Fsp3) is 0.167. The number of amides is 1. The van der Waals surface area contributed by atoms with Gasteiger partial charge in [-0.05, 0) is 6.08 Å². The molecule has 0 saturated heterocycles. The molecule has 1 unspecified atom stereocenters. The molecule has 4 heteroatoms. The van der Waals surface area contributed by atoms with E-state index in [2.05, 4.69) is 17.5 Å². The Labute approximate surface area is 63.3 Å². The van der Waals surface area contributed by atoms with Crippen molar-refractivity contribution in [1.29, 1.82) is 5.26 Å². The molecule has 0 aromatic heterocycles. The summed E-state index contributed by atoms with van der Waals surface area (Å²) in [5, 5.41) is 10.7. The van der Waals surface area contributed by atoms with Gasteiger partial charge in [0.15, 0.2) is 0 Å². The Balaban J connectivity index is 2.84. The summed E-state index contributed by atoms with van der Waals surface area (Å²) in [6.07, 6.45) is 3.03. The Bertz CT molecular complexity index is 251. The van der Waals surface area contributed by atoms with Gasteiger partial charge in [0.05, 0.1) is 6.07 Å². The van der Waals surface area contributed by atoms with Crippen LogP contribution in [0.5, 0.6) is 0 Å². The number of nitrogens with one attached hydrogen (secondary N) is 1. The van der Waals surface area contributed by atoms with E-state index in [0.717, 1.165) is 0 Å². The minimum atomic E-state index is -0.674. The first-order chi connectivity index (χ1) is 4.74. The number of hydrogen-bond acceptors (Lipinski definition) is 3. The van der Waals surface area contributed by atoms with E-state index in [1.165, 1.54) is 6.08 Å². The minimum Gasteiger partial charge on any atom is -0.316 e. The maximum Gasteiger partial charge on any atom is 0.246 e. The van der Waals surface area contributed by atoms with Crippen LogP contribution in [0.4, 0.5) is 0 Å². The molecule has 10 heavy (non-hydrogen) atoms. The van der Waals surface area contributed by atoms with Gasteiger partial charge in [-0.1, -0.05) is 18.3 Å². The molecule has 0 aromatic rings. The molecule has 0 fully saturated rings. The average molecular weight is 152 g/mol. The van der Waals surface area contributed by atoms with Crippen molar-refractivity contribution in [2.75, 3.05) is 0 Å². The Morgan fingerprint density at radius 2 is 2.50 bits per heavy atom. The van der Waals surface area contributed by atoms with Crippen LogP contribution in [0, 0.1) is 17.2 Å². The van der Waals surface area contributed by atoms with Gasteiger partial charge in [-0.15, -0.1) is 0 Å². The summed E-state index contributed by atoms with van der Waals surface area (Å²) >= 11 is 4.66. The van der Waals surface area contributed by atoms with Gasteiger partial charge in [-0.3, -0.25) is 4.79 Å². The summed E-state index contributed by atoms with van der Waals surface area (Å²) in [6.45, 7) is 0. The molecule has 0 saturated carbocycles. The molecular formula is C6H4N2OS. The summed E-state index contributed by atoms with van der Waals surface area (Å²) in [5.74, 6) is -1.01. The zero-order chi connectivity index (χ0) is 7.56. The third-order valence-corrected chi connectivity index (χ3v) is 1.35. The monoisotopic (exact) mass is 152 g/mol. The maximum absolute atomic E-state index is 10.8. The van der Waals surface area contributed by atoms with E-state index < -0.39 is 5.92 Å². The second-order valence-electron chi connectivity index (χ2n) is 1.82. The van der Waals surface area contributed by atoms with Gasteiger partial charge in [0.25, 0.3) is 0 Å². The Hall–Kier alpha value is -1.21. The zero-order valence-corrected chi connectivity index (χ0v) is 5.81. The van der Waals surface area contributed by atoms with E-state index in [9.17, 15) is 4.79 Å². The van der Waals surface area contributed by atoms with Crippen molar-refractivity contribution in [3.63, 3.8) is 0 Å².